The predicted octanol–water partition coefficient (Wildman–Crippen LogP) is 3.29. The standard InChI is InChI=1S/C23H24ClN7O3/c1-33-19-10-16-17(11-20(19)34-2)28-22(27-16)21-18(12-26-30-21)29-23(32)13-7-14(24)9-15(8-13)31-5-3-25-4-6-31/h7-12,25H,3-6H2,1-2H3,(H,26,30)(H,27,28)(H,29,32). The maximum atomic E-state index is 13.1. The molecule has 4 aromatic rings. The van der Waals surface area contributed by atoms with Crippen molar-refractivity contribution in [3.05, 3.63) is 47.1 Å². The van der Waals surface area contributed by atoms with E-state index in [-0.39, 0.29) is 5.91 Å². The third-order valence-electron chi connectivity index (χ3n) is 5.74. The molecule has 0 saturated carbocycles. The summed E-state index contributed by atoms with van der Waals surface area (Å²) in [6.45, 7) is 3.49. The maximum absolute atomic E-state index is 13.1. The molecule has 1 aliphatic rings. The number of hydrogen-bond acceptors (Lipinski definition) is 7. The fraction of sp³-hybridized carbons (Fsp3) is 0.261. The zero-order chi connectivity index (χ0) is 23.7. The van der Waals surface area contributed by atoms with Crippen LogP contribution in [0.5, 0.6) is 11.5 Å². The van der Waals surface area contributed by atoms with Gasteiger partial charge < -0.3 is 30.0 Å². The van der Waals surface area contributed by atoms with E-state index < -0.39 is 0 Å². The highest BCUT2D eigenvalue weighted by atomic mass is 35.5. The van der Waals surface area contributed by atoms with Crippen LogP contribution < -0.4 is 25.0 Å². The lowest BCUT2D eigenvalue weighted by atomic mass is 10.1. The van der Waals surface area contributed by atoms with E-state index in [2.05, 4.69) is 35.7 Å². The lowest BCUT2D eigenvalue weighted by molar-refractivity contribution is 0.102. The molecule has 34 heavy (non-hydrogen) atoms. The van der Waals surface area contributed by atoms with E-state index in [4.69, 9.17) is 21.1 Å². The Bertz CT molecular complexity index is 1300. The predicted molar refractivity (Wildman–Crippen MR) is 131 cm³/mol. The zero-order valence-corrected chi connectivity index (χ0v) is 19.5. The van der Waals surface area contributed by atoms with Gasteiger partial charge in [-0.2, -0.15) is 5.10 Å². The molecule has 0 atom stereocenters. The summed E-state index contributed by atoms with van der Waals surface area (Å²) in [7, 11) is 3.15. The number of aromatic amines is 2. The van der Waals surface area contributed by atoms with Crippen LogP contribution in [0.4, 0.5) is 11.4 Å². The van der Waals surface area contributed by atoms with Crippen molar-refractivity contribution in [2.75, 3.05) is 50.6 Å². The molecule has 2 aromatic heterocycles. The molecule has 0 spiro atoms. The number of rotatable bonds is 6. The largest absolute Gasteiger partial charge is 0.493 e. The minimum Gasteiger partial charge on any atom is -0.493 e. The molecule has 2 aromatic carbocycles. The van der Waals surface area contributed by atoms with Crippen molar-refractivity contribution in [3.63, 3.8) is 0 Å². The molecular formula is C23H24ClN7O3. The number of methoxy groups -OCH3 is 2. The molecule has 3 heterocycles. The Labute approximate surface area is 200 Å². The number of imidazole rings is 1. The first kappa shape index (κ1) is 22.1. The van der Waals surface area contributed by atoms with E-state index >= 15 is 0 Å². The van der Waals surface area contributed by atoms with Gasteiger partial charge in [-0.3, -0.25) is 9.89 Å². The smallest absolute Gasteiger partial charge is 0.255 e. The second-order valence-corrected chi connectivity index (χ2v) is 8.29. The number of hydrogen-bond donors (Lipinski definition) is 4. The second kappa shape index (κ2) is 9.24. The van der Waals surface area contributed by atoms with E-state index in [0.29, 0.717) is 44.8 Å². The first-order valence-corrected chi connectivity index (χ1v) is 11.2. The highest BCUT2D eigenvalue weighted by Gasteiger charge is 2.19. The van der Waals surface area contributed by atoms with Gasteiger partial charge in [-0.05, 0) is 18.2 Å². The summed E-state index contributed by atoms with van der Waals surface area (Å²) >= 11 is 6.34. The van der Waals surface area contributed by atoms with Crippen LogP contribution in [0.15, 0.2) is 36.5 Å². The Balaban J connectivity index is 1.42. The number of carbonyl (C=O) groups excluding carboxylic acids is 1. The molecule has 10 nitrogen and oxygen atoms in total. The lowest BCUT2D eigenvalue weighted by Crippen LogP contribution is -2.43. The van der Waals surface area contributed by atoms with E-state index in [1.807, 2.05) is 18.2 Å². The van der Waals surface area contributed by atoms with E-state index in [9.17, 15) is 4.79 Å². The average molecular weight is 482 g/mol. The van der Waals surface area contributed by atoms with Crippen LogP contribution in [0, 0.1) is 0 Å². The number of carbonyl (C=O) groups is 1. The topological polar surface area (TPSA) is 120 Å². The quantitative estimate of drug-likeness (QED) is 0.333. The summed E-state index contributed by atoms with van der Waals surface area (Å²) in [5.74, 6) is 1.39. The number of amides is 1. The number of benzene rings is 2. The molecule has 1 saturated heterocycles. The number of halogens is 1. The Morgan fingerprint density at radius 1 is 1.09 bits per heavy atom. The molecule has 5 rings (SSSR count). The molecule has 0 bridgehead atoms. The van der Waals surface area contributed by atoms with Gasteiger partial charge in [0.25, 0.3) is 5.91 Å². The second-order valence-electron chi connectivity index (χ2n) is 7.86. The minimum absolute atomic E-state index is 0.291. The average Bonchev–Trinajstić information content (AvgIpc) is 3.49. The van der Waals surface area contributed by atoms with Crippen molar-refractivity contribution in [2.24, 2.45) is 0 Å². The van der Waals surface area contributed by atoms with Crippen molar-refractivity contribution in [3.8, 4) is 23.0 Å². The zero-order valence-electron chi connectivity index (χ0n) is 18.7. The first-order chi connectivity index (χ1) is 16.6. The van der Waals surface area contributed by atoms with E-state index in [1.54, 1.807) is 32.5 Å². The number of nitrogens with one attached hydrogen (secondary N) is 4. The summed E-state index contributed by atoms with van der Waals surface area (Å²) in [6.07, 6.45) is 1.54. The number of anilines is 2. The molecule has 11 heteroatoms. The van der Waals surface area contributed by atoms with Crippen LogP contribution in [-0.2, 0) is 0 Å². The molecule has 0 radical (unpaired) electrons. The van der Waals surface area contributed by atoms with Crippen LogP contribution >= 0.6 is 11.6 Å². The minimum atomic E-state index is -0.291. The Hall–Kier alpha value is -3.76. The third kappa shape index (κ3) is 4.25. The normalized spacial score (nSPS) is 13.8. The molecule has 0 aliphatic carbocycles. The number of aromatic nitrogens is 4. The number of nitrogens with zero attached hydrogens (tertiary/aromatic N) is 3. The van der Waals surface area contributed by atoms with Gasteiger partial charge in [0.2, 0.25) is 0 Å². The maximum Gasteiger partial charge on any atom is 0.255 e. The van der Waals surface area contributed by atoms with E-state index in [1.165, 1.54) is 0 Å². The van der Waals surface area contributed by atoms with Crippen LogP contribution in [0.1, 0.15) is 10.4 Å². The molecular weight excluding hydrogens is 458 g/mol. The van der Waals surface area contributed by atoms with Gasteiger partial charge in [0.05, 0.1) is 37.1 Å². The van der Waals surface area contributed by atoms with Crippen LogP contribution in [0.3, 0.4) is 0 Å². The van der Waals surface area contributed by atoms with Gasteiger partial charge >= 0.3 is 0 Å². The summed E-state index contributed by atoms with van der Waals surface area (Å²) in [6, 6.07) is 8.98. The number of H-pyrrole nitrogens is 2. The summed E-state index contributed by atoms with van der Waals surface area (Å²) in [4.78, 5) is 23.2. The van der Waals surface area contributed by atoms with Crippen LogP contribution in [0.2, 0.25) is 5.02 Å². The van der Waals surface area contributed by atoms with Crippen molar-refractivity contribution >= 4 is 39.9 Å². The van der Waals surface area contributed by atoms with Crippen LogP contribution in [0.25, 0.3) is 22.6 Å². The van der Waals surface area contributed by atoms with Gasteiger partial charge in [0.1, 0.15) is 5.69 Å². The molecule has 4 N–H and O–H groups in total. The fourth-order valence-corrected chi connectivity index (χ4v) is 4.25. The van der Waals surface area contributed by atoms with Gasteiger partial charge in [0.15, 0.2) is 17.3 Å². The van der Waals surface area contributed by atoms with Crippen molar-refractivity contribution in [2.45, 2.75) is 0 Å². The van der Waals surface area contributed by atoms with Gasteiger partial charge in [-0.1, -0.05) is 11.6 Å². The highest BCUT2D eigenvalue weighted by molar-refractivity contribution is 6.31. The highest BCUT2D eigenvalue weighted by Crippen LogP contribution is 2.33. The molecule has 1 amide bonds. The lowest BCUT2D eigenvalue weighted by Gasteiger charge is -2.29. The number of piperazine rings is 1. The van der Waals surface area contributed by atoms with Gasteiger partial charge in [0, 0.05) is 54.6 Å². The Morgan fingerprint density at radius 3 is 2.62 bits per heavy atom. The van der Waals surface area contributed by atoms with Crippen molar-refractivity contribution in [1.82, 2.24) is 25.5 Å². The summed E-state index contributed by atoms with van der Waals surface area (Å²) in [5, 5.41) is 13.8. The van der Waals surface area contributed by atoms with Crippen LogP contribution in [-0.4, -0.2) is 66.5 Å². The summed E-state index contributed by atoms with van der Waals surface area (Å²) < 4.78 is 10.7. The third-order valence-corrected chi connectivity index (χ3v) is 5.96. The number of fused-ring (bicyclic) bond motifs is 1. The van der Waals surface area contributed by atoms with Crippen molar-refractivity contribution < 1.29 is 14.3 Å². The molecule has 176 valence electrons. The van der Waals surface area contributed by atoms with E-state index in [0.717, 1.165) is 37.4 Å². The fourth-order valence-electron chi connectivity index (χ4n) is 4.02. The Morgan fingerprint density at radius 2 is 1.85 bits per heavy atom. The molecule has 1 fully saturated rings. The Kier molecular flexibility index (Phi) is 5.99. The van der Waals surface area contributed by atoms with Gasteiger partial charge in [-0.15, -0.1) is 0 Å². The monoisotopic (exact) mass is 481 g/mol. The van der Waals surface area contributed by atoms with Gasteiger partial charge in [-0.25, -0.2) is 4.98 Å². The molecule has 1 aliphatic heterocycles. The van der Waals surface area contributed by atoms with Crippen molar-refractivity contribution in [1.29, 1.82) is 0 Å². The first-order valence-electron chi connectivity index (χ1n) is 10.8. The molecule has 0 unspecified atom stereocenters. The SMILES string of the molecule is COc1cc2nc(-c3[nH]ncc3NC(=O)c3cc(Cl)cc(N4CCNCC4)c3)[nH]c2cc1OC. The summed E-state index contributed by atoms with van der Waals surface area (Å²) in [5.41, 5.74) is 3.88. The number of ether oxygens (including phenoxy) is 2.